The van der Waals surface area contributed by atoms with Crippen molar-refractivity contribution >= 4 is 17.4 Å². The van der Waals surface area contributed by atoms with Crippen LogP contribution in [0.25, 0.3) is 0 Å². The van der Waals surface area contributed by atoms with E-state index < -0.39 is 0 Å². The van der Waals surface area contributed by atoms with E-state index in [1.807, 2.05) is 32.0 Å². The van der Waals surface area contributed by atoms with Crippen LogP contribution in [0.15, 0.2) is 36.5 Å². The number of aromatic nitrogens is 1. The van der Waals surface area contributed by atoms with Gasteiger partial charge in [0.25, 0.3) is 5.91 Å². The fourth-order valence-corrected chi connectivity index (χ4v) is 1.68. The zero-order chi connectivity index (χ0) is 14.5. The number of carbonyl (C=O) groups excluding carboxylic acids is 1. The van der Waals surface area contributed by atoms with E-state index in [-0.39, 0.29) is 18.3 Å². The lowest BCUT2D eigenvalue weighted by molar-refractivity contribution is -0.118. The van der Waals surface area contributed by atoms with E-state index in [2.05, 4.69) is 10.3 Å². The van der Waals surface area contributed by atoms with Gasteiger partial charge < -0.3 is 15.8 Å². The van der Waals surface area contributed by atoms with Crippen LogP contribution in [-0.4, -0.2) is 17.5 Å². The summed E-state index contributed by atoms with van der Waals surface area (Å²) in [5, 5.41) is 2.77. The third kappa shape index (κ3) is 3.47. The molecule has 1 amide bonds. The molecule has 0 saturated carbocycles. The van der Waals surface area contributed by atoms with E-state index in [1.165, 1.54) is 5.56 Å². The summed E-state index contributed by atoms with van der Waals surface area (Å²) in [6, 6.07) is 9.12. The Morgan fingerprint density at radius 2 is 2.10 bits per heavy atom. The molecule has 1 aromatic carbocycles. The van der Waals surface area contributed by atoms with Gasteiger partial charge >= 0.3 is 0 Å². The number of benzene rings is 1. The Kier molecular flexibility index (Phi) is 4.20. The van der Waals surface area contributed by atoms with Gasteiger partial charge in [0.1, 0.15) is 0 Å². The first kappa shape index (κ1) is 13.9. The van der Waals surface area contributed by atoms with Crippen LogP contribution in [0.1, 0.15) is 11.1 Å². The molecule has 5 nitrogen and oxygen atoms in total. The monoisotopic (exact) mass is 271 g/mol. The fourth-order valence-electron chi connectivity index (χ4n) is 1.68. The number of amides is 1. The highest BCUT2D eigenvalue weighted by molar-refractivity contribution is 5.92. The van der Waals surface area contributed by atoms with Gasteiger partial charge in [-0.1, -0.05) is 6.07 Å². The van der Waals surface area contributed by atoms with Crippen molar-refractivity contribution in [2.45, 2.75) is 13.8 Å². The van der Waals surface area contributed by atoms with Crippen molar-refractivity contribution in [1.29, 1.82) is 0 Å². The van der Waals surface area contributed by atoms with Gasteiger partial charge in [0.2, 0.25) is 0 Å². The first-order valence-electron chi connectivity index (χ1n) is 6.26. The number of nitrogen functional groups attached to an aromatic ring is 1. The smallest absolute Gasteiger partial charge is 0.262 e. The van der Waals surface area contributed by atoms with Gasteiger partial charge in [0, 0.05) is 11.9 Å². The number of pyridine rings is 1. The van der Waals surface area contributed by atoms with Gasteiger partial charge in [-0.15, -0.1) is 0 Å². The molecule has 104 valence electrons. The van der Waals surface area contributed by atoms with Gasteiger partial charge in [-0.25, -0.2) is 4.98 Å². The Bertz CT molecular complexity index is 626. The quantitative estimate of drug-likeness (QED) is 0.894. The number of nitrogens with one attached hydrogen (secondary N) is 1. The highest BCUT2D eigenvalue weighted by Crippen LogP contribution is 2.17. The molecule has 0 unspecified atom stereocenters. The van der Waals surface area contributed by atoms with E-state index in [9.17, 15) is 4.79 Å². The minimum Gasteiger partial charge on any atom is -0.480 e. The minimum atomic E-state index is -0.239. The number of nitrogens with two attached hydrogens (primary N) is 1. The van der Waals surface area contributed by atoms with Gasteiger partial charge in [-0.05, 0) is 49.2 Å². The first-order valence-corrected chi connectivity index (χ1v) is 6.26. The third-order valence-corrected chi connectivity index (χ3v) is 2.95. The highest BCUT2D eigenvalue weighted by Gasteiger charge is 2.06. The molecule has 1 heterocycles. The molecule has 0 bridgehead atoms. The van der Waals surface area contributed by atoms with Crippen LogP contribution in [0.4, 0.5) is 11.5 Å². The summed E-state index contributed by atoms with van der Waals surface area (Å²) in [6.07, 6.45) is 1.57. The largest absolute Gasteiger partial charge is 0.480 e. The Morgan fingerprint density at radius 1 is 1.30 bits per heavy atom. The predicted molar refractivity (Wildman–Crippen MR) is 78.7 cm³/mol. The summed E-state index contributed by atoms with van der Waals surface area (Å²) in [5.41, 5.74) is 8.69. The van der Waals surface area contributed by atoms with Crippen molar-refractivity contribution in [2.24, 2.45) is 0 Å². The molecule has 0 aliphatic carbocycles. The molecule has 20 heavy (non-hydrogen) atoms. The van der Waals surface area contributed by atoms with E-state index in [0.29, 0.717) is 5.75 Å². The molecular weight excluding hydrogens is 254 g/mol. The standard InChI is InChI=1S/C15H17N3O2/c1-10-5-6-12(8-11(10)2)18-14(19)9-20-13-4-3-7-17-15(13)16/h3-8H,9H2,1-2H3,(H2,16,17)(H,18,19). The van der Waals surface area contributed by atoms with Crippen LogP contribution in [0.5, 0.6) is 5.75 Å². The molecule has 0 radical (unpaired) electrons. The molecule has 0 fully saturated rings. The Labute approximate surface area is 117 Å². The molecule has 1 aromatic heterocycles. The maximum atomic E-state index is 11.8. The first-order chi connectivity index (χ1) is 9.56. The summed E-state index contributed by atoms with van der Waals surface area (Å²) in [5.74, 6) is 0.436. The van der Waals surface area contributed by atoms with E-state index in [4.69, 9.17) is 10.5 Å². The van der Waals surface area contributed by atoms with Crippen molar-refractivity contribution in [3.63, 3.8) is 0 Å². The zero-order valence-electron chi connectivity index (χ0n) is 11.5. The summed E-state index contributed by atoms with van der Waals surface area (Å²) in [4.78, 5) is 15.7. The number of anilines is 2. The topological polar surface area (TPSA) is 77.2 Å². The molecule has 0 spiro atoms. The van der Waals surface area contributed by atoms with Crippen LogP contribution in [-0.2, 0) is 4.79 Å². The van der Waals surface area contributed by atoms with Crippen LogP contribution < -0.4 is 15.8 Å². The van der Waals surface area contributed by atoms with Crippen molar-refractivity contribution in [3.8, 4) is 5.75 Å². The second kappa shape index (κ2) is 6.06. The van der Waals surface area contributed by atoms with Crippen LogP contribution >= 0.6 is 0 Å². The highest BCUT2D eigenvalue weighted by atomic mass is 16.5. The molecule has 0 atom stereocenters. The van der Waals surface area contributed by atoms with Gasteiger partial charge in [0.15, 0.2) is 18.2 Å². The third-order valence-electron chi connectivity index (χ3n) is 2.95. The second-order valence-electron chi connectivity index (χ2n) is 4.52. The number of hydrogen-bond donors (Lipinski definition) is 2. The number of nitrogens with zero attached hydrogens (tertiary/aromatic N) is 1. The molecule has 0 aliphatic rings. The lowest BCUT2D eigenvalue weighted by Crippen LogP contribution is -2.20. The lowest BCUT2D eigenvalue weighted by atomic mass is 10.1. The second-order valence-corrected chi connectivity index (χ2v) is 4.52. The zero-order valence-corrected chi connectivity index (χ0v) is 11.5. The van der Waals surface area contributed by atoms with E-state index in [0.717, 1.165) is 11.3 Å². The molecule has 2 aromatic rings. The minimum absolute atomic E-state index is 0.108. The van der Waals surface area contributed by atoms with Crippen LogP contribution in [0, 0.1) is 13.8 Å². The molecular formula is C15H17N3O2. The number of ether oxygens (including phenoxy) is 1. The molecule has 5 heteroatoms. The Morgan fingerprint density at radius 3 is 2.80 bits per heavy atom. The summed E-state index contributed by atoms with van der Waals surface area (Å²) < 4.78 is 5.33. The maximum Gasteiger partial charge on any atom is 0.262 e. The van der Waals surface area contributed by atoms with Gasteiger partial charge in [0.05, 0.1) is 0 Å². The van der Waals surface area contributed by atoms with Crippen molar-refractivity contribution in [1.82, 2.24) is 4.98 Å². The lowest BCUT2D eigenvalue weighted by Gasteiger charge is -2.09. The average molecular weight is 271 g/mol. The maximum absolute atomic E-state index is 11.8. The summed E-state index contributed by atoms with van der Waals surface area (Å²) >= 11 is 0. The number of aryl methyl sites for hydroxylation is 2. The van der Waals surface area contributed by atoms with Crippen molar-refractivity contribution in [3.05, 3.63) is 47.7 Å². The summed E-state index contributed by atoms with van der Waals surface area (Å²) in [6.45, 7) is 3.91. The fraction of sp³-hybridized carbons (Fsp3) is 0.200. The number of rotatable bonds is 4. The van der Waals surface area contributed by atoms with E-state index >= 15 is 0 Å². The van der Waals surface area contributed by atoms with E-state index in [1.54, 1.807) is 18.3 Å². The van der Waals surface area contributed by atoms with Crippen LogP contribution in [0.2, 0.25) is 0 Å². The number of hydrogen-bond acceptors (Lipinski definition) is 4. The molecule has 2 rings (SSSR count). The van der Waals surface area contributed by atoms with Gasteiger partial charge in [-0.2, -0.15) is 0 Å². The Balaban J connectivity index is 1.93. The number of carbonyl (C=O) groups is 1. The predicted octanol–water partition coefficient (Wildman–Crippen LogP) is 2.30. The SMILES string of the molecule is Cc1ccc(NC(=O)COc2cccnc2N)cc1C. The molecule has 3 N–H and O–H groups in total. The normalized spacial score (nSPS) is 10.1. The molecule has 0 saturated heterocycles. The molecule has 0 aliphatic heterocycles. The average Bonchev–Trinajstić information content (AvgIpc) is 2.42. The van der Waals surface area contributed by atoms with Crippen molar-refractivity contribution < 1.29 is 9.53 Å². The van der Waals surface area contributed by atoms with Crippen LogP contribution in [0.3, 0.4) is 0 Å². The van der Waals surface area contributed by atoms with Crippen molar-refractivity contribution in [2.75, 3.05) is 17.7 Å². The summed E-state index contributed by atoms with van der Waals surface area (Å²) in [7, 11) is 0. The Hall–Kier alpha value is -2.56. The van der Waals surface area contributed by atoms with Gasteiger partial charge in [-0.3, -0.25) is 4.79 Å².